The fourth-order valence-corrected chi connectivity index (χ4v) is 1.83. The van der Waals surface area contributed by atoms with Crippen molar-refractivity contribution >= 4 is 11.7 Å². The van der Waals surface area contributed by atoms with Crippen LogP contribution in [0.3, 0.4) is 0 Å². The van der Waals surface area contributed by atoms with Crippen LogP contribution < -0.4 is 5.32 Å². The third kappa shape index (κ3) is 1.58. The maximum Gasteiger partial charge on any atom is 0.134 e. The molecule has 1 N–H and O–H groups in total. The van der Waals surface area contributed by atoms with Gasteiger partial charge < -0.3 is 5.32 Å². The van der Waals surface area contributed by atoms with E-state index in [0.717, 1.165) is 22.8 Å². The second-order valence-corrected chi connectivity index (χ2v) is 3.50. The Morgan fingerprint density at radius 2 is 1.35 bits per heavy atom. The summed E-state index contributed by atoms with van der Waals surface area (Å²) in [6.07, 6.45) is 10.9. The van der Waals surface area contributed by atoms with Crippen molar-refractivity contribution in [3.63, 3.8) is 0 Å². The topological polar surface area (TPSA) is 36.8 Å². The number of hydrogen-bond donors (Lipinski definition) is 1. The summed E-state index contributed by atoms with van der Waals surface area (Å²) in [6.45, 7) is 0. The highest BCUT2D eigenvalue weighted by Gasteiger charge is 2.23. The molecule has 0 aliphatic carbocycles. The molecular weight excluding hydrogens is 210 g/mol. The maximum atomic E-state index is 5.44. The van der Waals surface area contributed by atoms with E-state index in [4.69, 9.17) is 12.8 Å². The van der Waals surface area contributed by atoms with E-state index in [2.05, 4.69) is 27.1 Å². The Morgan fingerprint density at radius 1 is 0.941 bits per heavy atom. The summed E-state index contributed by atoms with van der Waals surface area (Å²) in [7, 11) is 3.44. The highest BCUT2D eigenvalue weighted by Crippen LogP contribution is 2.21. The van der Waals surface area contributed by atoms with Gasteiger partial charge in [-0.3, -0.25) is 9.98 Å². The molecule has 0 bridgehead atoms. The lowest BCUT2D eigenvalue weighted by atomic mass is 10.00. The van der Waals surface area contributed by atoms with Crippen LogP contribution in [0.1, 0.15) is 22.3 Å². The zero-order chi connectivity index (χ0) is 12.4. The van der Waals surface area contributed by atoms with Gasteiger partial charge in [0.1, 0.15) is 11.7 Å². The van der Waals surface area contributed by atoms with E-state index in [1.807, 2.05) is 12.1 Å². The van der Waals surface area contributed by atoms with Crippen molar-refractivity contribution in [1.29, 1.82) is 0 Å². The number of rotatable bonds is 0. The molecule has 0 spiro atoms. The molecule has 0 amide bonds. The molecule has 0 saturated heterocycles. The van der Waals surface area contributed by atoms with Crippen molar-refractivity contribution in [3.8, 4) is 24.7 Å². The van der Waals surface area contributed by atoms with Crippen molar-refractivity contribution in [1.82, 2.24) is 5.32 Å². The van der Waals surface area contributed by atoms with E-state index >= 15 is 0 Å². The van der Waals surface area contributed by atoms with Crippen LogP contribution in [0.5, 0.6) is 0 Å². The molecule has 0 aromatic heterocycles. The highest BCUT2D eigenvalue weighted by molar-refractivity contribution is 6.25. The van der Waals surface area contributed by atoms with E-state index < -0.39 is 0 Å². The lowest BCUT2D eigenvalue weighted by Gasteiger charge is -2.02. The van der Waals surface area contributed by atoms with Gasteiger partial charge in [-0.25, -0.2) is 0 Å². The smallest absolute Gasteiger partial charge is 0.134 e. The van der Waals surface area contributed by atoms with Crippen molar-refractivity contribution in [2.24, 2.45) is 9.98 Å². The molecule has 0 fully saturated rings. The Morgan fingerprint density at radius 3 is 1.65 bits per heavy atom. The third-order valence-corrected chi connectivity index (χ3v) is 2.66. The minimum absolute atomic E-state index is 0.701. The first-order valence-corrected chi connectivity index (χ1v) is 5.07. The lowest BCUT2D eigenvalue weighted by molar-refractivity contribution is 1.29. The molecule has 1 aliphatic heterocycles. The first kappa shape index (κ1) is 11.0. The molecule has 1 aromatic carbocycles. The van der Waals surface area contributed by atoms with Crippen LogP contribution in [0.4, 0.5) is 0 Å². The minimum Gasteiger partial charge on any atom is -0.325 e. The second kappa shape index (κ2) is 4.15. The molecule has 0 unspecified atom stereocenters. The van der Waals surface area contributed by atoms with Crippen LogP contribution >= 0.6 is 0 Å². The normalized spacial score (nSPS) is 17.4. The maximum absolute atomic E-state index is 5.44. The zero-order valence-electron chi connectivity index (χ0n) is 9.70. The number of hydrogen-bond acceptors (Lipinski definition) is 2. The zero-order valence-corrected chi connectivity index (χ0v) is 9.70. The Hall–Kier alpha value is -2.52. The fraction of sp³-hybridized carbons (Fsp3) is 0.143. The number of nitrogens with one attached hydrogen (secondary N) is 1. The van der Waals surface area contributed by atoms with E-state index in [1.54, 1.807) is 14.1 Å². The van der Waals surface area contributed by atoms with Gasteiger partial charge in [0.15, 0.2) is 0 Å². The predicted octanol–water partition coefficient (Wildman–Crippen LogP) is 1.01. The Labute approximate surface area is 101 Å². The summed E-state index contributed by atoms with van der Waals surface area (Å²) in [5, 5.41) is 3.12. The van der Waals surface area contributed by atoms with Crippen molar-refractivity contribution in [2.75, 3.05) is 14.1 Å². The van der Waals surface area contributed by atoms with Crippen molar-refractivity contribution in [3.05, 3.63) is 34.4 Å². The number of benzene rings is 1. The molecule has 3 nitrogen and oxygen atoms in total. The van der Waals surface area contributed by atoms with E-state index in [9.17, 15) is 0 Å². The summed E-state index contributed by atoms with van der Waals surface area (Å²) in [5.74, 6) is 6.71. The van der Waals surface area contributed by atoms with Crippen LogP contribution in [0, 0.1) is 24.7 Å². The fourth-order valence-electron chi connectivity index (χ4n) is 1.83. The molecule has 82 valence electrons. The van der Waals surface area contributed by atoms with Gasteiger partial charge in [0.25, 0.3) is 0 Å². The molecule has 1 heterocycles. The molecule has 1 aromatic rings. The summed E-state index contributed by atoms with van der Waals surface area (Å²) in [6, 6.07) is 3.75. The standard InChI is InChI=1S/C14H11N3/c1-5-9-7-11-12(8-10(9)6-2)14(16-4)17-13(11)15-3/h1-2,7-8H,3-4H3,(H,15,16,17). The SMILES string of the molecule is C#Cc1cc2c(cc1C#C)/C(=N/C)N/C2=N\C. The largest absolute Gasteiger partial charge is 0.325 e. The van der Waals surface area contributed by atoms with Crippen LogP contribution in [-0.4, -0.2) is 25.8 Å². The first-order valence-electron chi connectivity index (χ1n) is 5.07. The Kier molecular flexibility index (Phi) is 2.68. The van der Waals surface area contributed by atoms with E-state index in [-0.39, 0.29) is 0 Å². The number of terminal acetylenes is 2. The van der Waals surface area contributed by atoms with E-state index in [0.29, 0.717) is 11.1 Å². The first-order chi connectivity index (χ1) is 8.24. The summed E-state index contributed by atoms with van der Waals surface area (Å²) in [5.41, 5.74) is 3.29. The molecule has 2 rings (SSSR count). The van der Waals surface area contributed by atoms with Crippen LogP contribution in [-0.2, 0) is 0 Å². The van der Waals surface area contributed by atoms with E-state index in [1.165, 1.54) is 0 Å². The Balaban J connectivity index is 2.77. The molecule has 3 heteroatoms. The van der Waals surface area contributed by atoms with Gasteiger partial charge in [-0.05, 0) is 12.1 Å². The van der Waals surface area contributed by atoms with Crippen LogP contribution in [0.15, 0.2) is 22.1 Å². The number of nitrogens with zero attached hydrogens (tertiary/aromatic N) is 2. The number of amidine groups is 2. The minimum atomic E-state index is 0.701. The monoisotopic (exact) mass is 221 g/mol. The van der Waals surface area contributed by atoms with Crippen molar-refractivity contribution in [2.45, 2.75) is 0 Å². The van der Waals surface area contributed by atoms with Crippen LogP contribution in [0.25, 0.3) is 0 Å². The summed E-state index contributed by atoms with van der Waals surface area (Å²) < 4.78 is 0. The van der Waals surface area contributed by atoms with Gasteiger partial charge in [0.05, 0.1) is 0 Å². The lowest BCUT2D eigenvalue weighted by Crippen LogP contribution is -2.22. The average Bonchev–Trinajstić information content (AvgIpc) is 2.73. The average molecular weight is 221 g/mol. The quantitative estimate of drug-likeness (QED) is 0.652. The van der Waals surface area contributed by atoms with Gasteiger partial charge in [-0.2, -0.15) is 0 Å². The summed E-state index contributed by atoms with van der Waals surface area (Å²) in [4.78, 5) is 8.32. The molecular formula is C14H11N3. The van der Waals surface area contributed by atoms with Crippen LogP contribution in [0.2, 0.25) is 0 Å². The molecule has 0 saturated carbocycles. The molecule has 1 aliphatic rings. The Bertz CT molecular complexity index is 567. The summed E-state index contributed by atoms with van der Waals surface area (Å²) >= 11 is 0. The second-order valence-electron chi connectivity index (χ2n) is 3.50. The van der Waals surface area contributed by atoms with Gasteiger partial charge in [-0.15, -0.1) is 12.8 Å². The van der Waals surface area contributed by atoms with Gasteiger partial charge in [-0.1, -0.05) is 11.8 Å². The van der Waals surface area contributed by atoms with Crippen molar-refractivity contribution < 1.29 is 0 Å². The van der Waals surface area contributed by atoms with Gasteiger partial charge >= 0.3 is 0 Å². The highest BCUT2D eigenvalue weighted by atomic mass is 15.1. The molecule has 17 heavy (non-hydrogen) atoms. The molecule has 0 radical (unpaired) electrons. The van der Waals surface area contributed by atoms with Gasteiger partial charge in [0, 0.05) is 36.3 Å². The number of fused-ring (bicyclic) bond motifs is 1. The number of aliphatic imine (C=N–C) groups is 2. The molecule has 0 atom stereocenters. The predicted molar refractivity (Wildman–Crippen MR) is 70.4 cm³/mol. The third-order valence-electron chi connectivity index (χ3n) is 2.66. The van der Waals surface area contributed by atoms with Gasteiger partial charge in [0.2, 0.25) is 0 Å².